The van der Waals surface area contributed by atoms with Crippen LogP contribution in [-0.2, 0) is 4.79 Å². The lowest BCUT2D eigenvalue weighted by molar-refractivity contribution is -0.122. The third-order valence-electron chi connectivity index (χ3n) is 2.46. The number of hydrogen-bond donors (Lipinski definition) is 2. The van der Waals surface area contributed by atoms with Gasteiger partial charge in [-0.1, -0.05) is 27.7 Å². The number of amides is 1. The molecule has 1 unspecified atom stereocenters. The van der Waals surface area contributed by atoms with E-state index in [0.717, 1.165) is 6.42 Å². The van der Waals surface area contributed by atoms with Gasteiger partial charge in [0.25, 0.3) is 0 Å². The highest BCUT2D eigenvalue weighted by Gasteiger charge is 2.22. The summed E-state index contributed by atoms with van der Waals surface area (Å²) in [6.45, 7) is 10.5. The first-order valence-electron chi connectivity index (χ1n) is 6.22. The molecule has 0 heterocycles. The van der Waals surface area contributed by atoms with E-state index in [2.05, 4.69) is 33.0 Å². The van der Waals surface area contributed by atoms with Gasteiger partial charge in [-0.25, -0.2) is 0 Å². The maximum absolute atomic E-state index is 11.5. The Hall–Kier alpha value is -0.570. The van der Waals surface area contributed by atoms with E-state index >= 15 is 0 Å². The van der Waals surface area contributed by atoms with Crippen LogP contribution in [0.3, 0.4) is 0 Å². The van der Waals surface area contributed by atoms with Crippen LogP contribution in [0, 0.1) is 11.8 Å². The van der Waals surface area contributed by atoms with Crippen molar-refractivity contribution in [3.63, 3.8) is 0 Å². The van der Waals surface area contributed by atoms with E-state index in [-0.39, 0.29) is 5.91 Å². The highest BCUT2D eigenvalue weighted by molar-refractivity contribution is 5.75. The number of rotatable bonds is 7. The zero-order valence-electron chi connectivity index (χ0n) is 11.3. The standard InChI is InChI=1S/C13H27NO2/c1-10(2)6-7-12(15)14-9-13(5,16)8-11(3)4/h10-11,16H,6-9H2,1-5H3,(H,14,15). The van der Waals surface area contributed by atoms with Gasteiger partial charge in [0, 0.05) is 13.0 Å². The second kappa shape index (κ2) is 6.89. The van der Waals surface area contributed by atoms with Crippen LogP contribution >= 0.6 is 0 Å². The second-order valence-corrected chi connectivity index (χ2v) is 5.80. The molecule has 0 saturated carbocycles. The van der Waals surface area contributed by atoms with Crippen LogP contribution in [-0.4, -0.2) is 23.2 Å². The van der Waals surface area contributed by atoms with Gasteiger partial charge in [0.05, 0.1) is 5.60 Å². The summed E-state index contributed by atoms with van der Waals surface area (Å²) in [4.78, 5) is 11.5. The molecule has 0 aromatic rings. The van der Waals surface area contributed by atoms with Crippen molar-refractivity contribution in [3.8, 4) is 0 Å². The van der Waals surface area contributed by atoms with Gasteiger partial charge in [0.2, 0.25) is 5.91 Å². The highest BCUT2D eigenvalue weighted by atomic mass is 16.3. The Balaban J connectivity index is 3.81. The lowest BCUT2D eigenvalue weighted by atomic mass is 9.94. The minimum atomic E-state index is -0.790. The Morgan fingerprint density at radius 3 is 2.25 bits per heavy atom. The summed E-state index contributed by atoms with van der Waals surface area (Å²) in [6.07, 6.45) is 2.16. The third-order valence-corrected chi connectivity index (χ3v) is 2.46. The summed E-state index contributed by atoms with van der Waals surface area (Å²) in [5, 5.41) is 12.8. The van der Waals surface area contributed by atoms with Gasteiger partial charge < -0.3 is 10.4 Å². The van der Waals surface area contributed by atoms with Gasteiger partial charge in [-0.15, -0.1) is 0 Å². The van der Waals surface area contributed by atoms with Crippen molar-refractivity contribution in [3.05, 3.63) is 0 Å². The fourth-order valence-electron chi connectivity index (χ4n) is 1.75. The van der Waals surface area contributed by atoms with Gasteiger partial charge in [0.15, 0.2) is 0 Å². The SMILES string of the molecule is CC(C)CCC(=O)NCC(C)(O)CC(C)C. The lowest BCUT2D eigenvalue weighted by Crippen LogP contribution is -2.41. The fraction of sp³-hybridized carbons (Fsp3) is 0.923. The lowest BCUT2D eigenvalue weighted by Gasteiger charge is -2.25. The van der Waals surface area contributed by atoms with Crippen LogP contribution in [0.15, 0.2) is 0 Å². The molecule has 0 saturated heterocycles. The summed E-state index contributed by atoms with van der Waals surface area (Å²) >= 11 is 0. The second-order valence-electron chi connectivity index (χ2n) is 5.80. The zero-order valence-corrected chi connectivity index (χ0v) is 11.3. The van der Waals surface area contributed by atoms with Crippen LogP contribution in [0.5, 0.6) is 0 Å². The topological polar surface area (TPSA) is 49.3 Å². The maximum Gasteiger partial charge on any atom is 0.220 e. The molecule has 0 fully saturated rings. The van der Waals surface area contributed by atoms with Gasteiger partial charge in [-0.3, -0.25) is 4.79 Å². The smallest absolute Gasteiger partial charge is 0.220 e. The van der Waals surface area contributed by atoms with Gasteiger partial charge in [-0.05, 0) is 31.6 Å². The fourth-order valence-corrected chi connectivity index (χ4v) is 1.75. The van der Waals surface area contributed by atoms with E-state index in [1.807, 2.05) is 0 Å². The van der Waals surface area contributed by atoms with E-state index in [1.54, 1.807) is 6.92 Å². The van der Waals surface area contributed by atoms with Gasteiger partial charge in [0.1, 0.15) is 0 Å². The zero-order chi connectivity index (χ0) is 12.8. The van der Waals surface area contributed by atoms with Crippen molar-refractivity contribution in [1.29, 1.82) is 0 Å². The minimum Gasteiger partial charge on any atom is -0.388 e. The number of nitrogens with one attached hydrogen (secondary N) is 1. The molecule has 0 aromatic heterocycles. The Morgan fingerprint density at radius 1 is 1.25 bits per heavy atom. The minimum absolute atomic E-state index is 0.0396. The molecular formula is C13H27NO2. The first-order valence-corrected chi connectivity index (χ1v) is 6.22. The molecule has 0 radical (unpaired) electrons. The van der Waals surface area contributed by atoms with Crippen LogP contribution < -0.4 is 5.32 Å². The number of hydrogen-bond acceptors (Lipinski definition) is 2. The van der Waals surface area contributed by atoms with E-state index in [0.29, 0.717) is 31.2 Å². The summed E-state index contributed by atoms with van der Waals surface area (Å²) in [5.41, 5.74) is -0.790. The van der Waals surface area contributed by atoms with Crippen LogP contribution in [0.4, 0.5) is 0 Å². The quantitative estimate of drug-likeness (QED) is 0.704. The molecule has 0 spiro atoms. The van der Waals surface area contributed by atoms with Crippen molar-refractivity contribution < 1.29 is 9.90 Å². The molecule has 0 aliphatic carbocycles. The Morgan fingerprint density at radius 2 is 1.81 bits per heavy atom. The van der Waals surface area contributed by atoms with Crippen LogP contribution in [0.25, 0.3) is 0 Å². The number of aliphatic hydroxyl groups is 1. The highest BCUT2D eigenvalue weighted by Crippen LogP contribution is 2.15. The van der Waals surface area contributed by atoms with Gasteiger partial charge >= 0.3 is 0 Å². The largest absolute Gasteiger partial charge is 0.388 e. The van der Waals surface area contributed by atoms with Crippen molar-refractivity contribution in [2.24, 2.45) is 11.8 Å². The normalized spacial score (nSPS) is 15.2. The summed E-state index contributed by atoms with van der Waals surface area (Å²) in [5.74, 6) is 1.02. The van der Waals surface area contributed by atoms with E-state index in [9.17, 15) is 9.90 Å². The molecule has 1 amide bonds. The van der Waals surface area contributed by atoms with E-state index < -0.39 is 5.60 Å². The average Bonchev–Trinajstić information content (AvgIpc) is 2.09. The maximum atomic E-state index is 11.5. The molecule has 0 aliphatic heterocycles. The molecule has 16 heavy (non-hydrogen) atoms. The first kappa shape index (κ1) is 15.4. The third kappa shape index (κ3) is 8.72. The average molecular weight is 229 g/mol. The molecule has 0 aromatic carbocycles. The summed E-state index contributed by atoms with van der Waals surface area (Å²) in [6, 6.07) is 0. The van der Waals surface area contributed by atoms with Crippen LogP contribution in [0.2, 0.25) is 0 Å². The number of carbonyl (C=O) groups is 1. The predicted molar refractivity (Wildman–Crippen MR) is 67.2 cm³/mol. The van der Waals surface area contributed by atoms with Crippen molar-refractivity contribution in [2.45, 2.75) is 59.5 Å². The van der Waals surface area contributed by atoms with E-state index in [1.165, 1.54) is 0 Å². The summed E-state index contributed by atoms with van der Waals surface area (Å²) in [7, 11) is 0. The number of carbonyl (C=O) groups excluding carboxylic acids is 1. The molecule has 96 valence electrons. The van der Waals surface area contributed by atoms with Crippen molar-refractivity contribution >= 4 is 5.91 Å². The van der Waals surface area contributed by atoms with E-state index in [4.69, 9.17) is 0 Å². The van der Waals surface area contributed by atoms with Gasteiger partial charge in [-0.2, -0.15) is 0 Å². The Labute approximate surface area is 99.6 Å². The summed E-state index contributed by atoms with van der Waals surface area (Å²) < 4.78 is 0. The molecule has 0 rings (SSSR count). The molecule has 0 aliphatic rings. The molecule has 0 bridgehead atoms. The van der Waals surface area contributed by atoms with Crippen molar-refractivity contribution in [1.82, 2.24) is 5.32 Å². The molecule has 1 atom stereocenters. The van der Waals surface area contributed by atoms with Crippen LogP contribution in [0.1, 0.15) is 53.9 Å². The Kier molecular flexibility index (Phi) is 6.65. The molecule has 3 heteroatoms. The first-order chi connectivity index (χ1) is 7.23. The monoisotopic (exact) mass is 229 g/mol. The molecular weight excluding hydrogens is 202 g/mol. The Bertz CT molecular complexity index is 210. The predicted octanol–water partition coefficient (Wildman–Crippen LogP) is 2.34. The molecule has 3 nitrogen and oxygen atoms in total. The van der Waals surface area contributed by atoms with Crippen molar-refractivity contribution in [2.75, 3.05) is 6.54 Å². The molecule has 2 N–H and O–H groups in total.